The van der Waals surface area contributed by atoms with Crippen LogP contribution < -0.4 is 0 Å². The number of allylic oxidation sites excluding steroid dienone is 8. The monoisotopic (exact) mass is 869 g/mol. The van der Waals surface area contributed by atoms with E-state index in [-0.39, 0.29) is 31.1 Å². The maximum Gasteiger partial charge on any atom is 0.306 e. The number of rotatable bonds is 48. The Labute approximate surface area is 384 Å². The summed E-state index contributed by atoms with van der Waals surface area (Å²) in [5.41, 5.74) is 0. The van der Waals surface area contributed by atoms with Gasteiger partial charge in [0, 0.05) is 19.3 Å². The van der Waals surface area contributed by atoms with Gasteiger partial charge < -0.3 is 14.2 Å². The molecule has 0 aromatic heterocycles. The lowest BCUT2D eigenvalue weighted by Crippen LogP contribution is -2.30. The van der Waals surface area contributed by atoms with Crippen LogP contribution in [0.5, 0.6) is 0 Å². The van der Waals surface area contributed by atoms with Gasteiger partial charge in [-0.3, -0.25) is 14.4 Å². The zero-order valence-electron chi connectivity index (χ0n) is 41.1. The first-order chi connectivity index (χ1) is 30.5. The Morgan fingerprint density at radius 1 is 0.323 bits per heavy atom. The minimum atomic E-state index is -0.784. The summed E-state index contributed by atoms with van der Waals surface area (Å²) in [6.45, 7) is 6.57. The Morgan fingerprint density at radius 3 is 0.935 bits per heavy atom. The summed E-state index contributed by atoms with van der Waals surface area (Å²) < 4.78 is 16.8. The normalized spacial score (nSPS) is 12.4. The van der Waals surface area contributed by atoms with Gasteiger partial charge in [0.2, 0.25) is 0 Å². The summed E-state index contributed by atoms with van der Waals surface area (Å²) in [5.74, 6) is -0.903. The highest BCUT2D eigenvalue weighted by atomic mass is 16.6. The second kappa shape index (κ2) is 51.0. The number of ether oxygens (including phenoxy) is 3. The maximum atomic E-state index is 12.8. The van der Waals surface area contributed by atoms with E-state index in [1.54, 1.807) is 0 Å². The van der Waals surface area contributed by atoms with Crippen molar-refractivity contribution in [1.29, 1.82) is 0 Å². The molecule has 0 bridgehead atoms. The molecule has 6 heteroatoms. The second-order valence-corrected chi connectivity index (χ2v) is 17.8. The van der Waals surface area contributed by atoms with Gasteiger partial charge >= 0.3 is 17.9 Å². The van der Waals surface area contributed by atoms with Crippen molar-refractivity contribution in [2.75, 3.05) is 13.2 Å². The fraction of sp³-hybridized carbons (Fsp3) is 0.804. The van der Waals surface area contributed by atoms with E-state index in [4.69, 9.17) is 14.2 Å². The number of carbonyl (C=O) groups is 3. The van der Waals surface area contributed by atoms with Crippen molar-refractivity contribution in [3.63, 3.8) is 0 Å². The molecule has 62 heavy (non-hydrogen) atoms. The first-order valence-electron chi connectivity index (χ1n) is 26.6. The number of esters is 3. The van der Waals surface area contributed by atoms with Crippen molar-refractivity contribution < 1.29 is 28.6 Å². The van der Waals surface area contributed by atoms with E-state index >= 15 is 0 Å². The third-order valence-electron chi connectivity index (χ3n) is 11.5. The van der Waals surface area contributed by atoms with Gasteiger partial charge in [-0.25, -0.2) is 0 Å². The maximum absolute atomic E-state index is 12.8. The van der Waals surface area contributed by atoms with Crippen LogP contribution in [0, 0.1) is 0 Å². The molecule has 0 rings (SSSR count). The fourth-order valence-electron chi connectivity index (χ4n) is 7.46. The van der Waals surface area contributed by atoms with Crippen molar-refractivity contribution >= 4 is 17.9 Å². The molecule has 0 amide bonds. The van der Waals surface area contributed by atoms with E-state index in [1.807, 2.05) is 0 Å². The van der Waals surface area contributed by atoms with E-state index in [0.29, 0.717) is 19.3 Å². The predicted octanol–water partition coefficient (Wildman–Crippen LogP) is 17.5. The molecule has 0 saturated carbocycles. The van der Waals surface area contributed by atoms with Crippen molar-refractivity contribution in [1.82, 2.24) is 0 Å². The number of hydrogen-bond acceptors (Lipinski definition) is 6. The minimum Gasteiger partial charge on any atom is -0.462 e. The van der Waals surface area contributed by atoms with Gasteiger partial charge in [0.05, 0.1) is 0 Å². The zero-order valence-corrected chi connectivity index (χ0v) is 41.1. The Kier molecular flexibility index (Phi) is 48.8. The van der Waals surface area contributed by atoms with Crippen LogP contribution in [0.15, 0.2) is 48.6 Å². The highest BCUT2D eigenvalue weighted by Gasteiger charge is 2.19. The number of hydrogen-bond donors (Lipinski definition) is 0. The number of carbonyl (C=O) groups excluding carboxylic acids is 3. The highest BCUT2D eigenvalue weighted by Crippen LogP contribution is 2.14. The van der Waals surface area contributed by atoms with E-state index < -0.39 is 6.10 Å². The smallest absolute Gasteiger partial charge is 0.306 e. The molecule has 0 saturated heterocycles. The van der Waals surface area contributed by atoms with Gasteiger partial charge in [0.1, 0.15) is 13.2 Å². The van der Waals surface area contributed by atoms with Crippen LogP contribution in [-0.2, 0) is 28.6 Å². The van der Waals surface area contributed by atoms with E-state index in [1.165, 1.54) is 141 Å². The molecule has 6 nitrogen and oxygen atoms in total. The summed E-state index contributed by atoms with van der Waals surface area (Å²) in [7, 11) is 0. The van der Waals surface area contributed by atoms with Crippen molar-refractivity contribution in [2.45, 2.75) is 277 Å². The van der Waals surface area contributed by atoms with Gasteiger partial charge in [-0.05, 0) is 103 Å². The lowest BCUT2D eigenvalue weighted by molar-refractivity contribution is -0.167. The standard InChI is InChI=1S/C56H100O6/c1-4-7-10-13-16-19-22-25-27-28-30-31-34-37-40-43-46-49-55(58)61-52-53(51-60-54(57)48-45-42-39-36-33-24-21-18-15-12-9-6-3)62-56(59)50-47-44-41-38-35-32-29-26-23-20-17-14-11-8-5-2/h17-18,20-21,25-27,29,53H,4-16,19,22-24,28,30-52H2,1-3H3/b20-17-,21-18-,27-25-,29-26-. The molecule has 0 aromatic carbocycles. The molecule has 0 spiro atoms. The lowest BCUT2D eigenvalue weighted by Gasteiger charge is -2.18. The highest BCUT2D eigenvalue weighted by molar-refractivity contribution is 5.71. The molecule has 0 aliphatic rings. The molecule has 0 radical (unpaired) electrons. The quantitative estimate of drug-likeness (QED) is 0.0262. The van der Waals surface area contributed by atoms with Gasteiger partial charge in [-0.2, -0.15) is 0 Å². The topological polar surface area (TPSA) is 78.9 Å². The van der Waals surface area contributed by atoms with Crippen LogP contribution in [0.4, 0.5) is 0 Å². The molecule has 0 heterocycles. The van der Waals surface area contributed by atoms with Gasteiger partial charge in [0.15, 0.2) is 6.10 Å². The second-order valence-electron chi connectivity index (χ2n) is 17.8. The lowest BCUT2D eigenvalue weighted by atomic mass is 10.1. The van der Waals surface area contributed by atoms with Crippen molar-refractivity contribution in [2.24, 2.45) is 0 Å². The van der Waals surface area contributed by atoms with Crippen molar-refractivity contribution in [3.05, 3.63) is 48.6 Å². The Bertz CT molecular complexity index is 1090. The van der Waals surface area contributed by atoms with Gasteiger partial charge in [0.25, 0.3) is 0 Å². The zero-order chi connectivity index (χ0) is 45.1. The SMILES string of the molecule is CCCCC/C=C\C/C=C\CCCCCCCC(=O)OC(COC(=O)CCCCCCC/C=C\CCCCC)COC(=O)CCCCCCCCC/C=C\CCCCCCCC. The Morgan fingerprint density at radius 2 is 0.581 bits per heavy atom. The first kappa shape index (κ1) is 59.4. The molecule has 1 atom stereocenters. The third-order valence-corrected chi connectivity index (χ3v) is 11.5. The number of unbranched alkanes of at least 4 members (excludes halogenated alkanes) is 29. The van der Waals surface area contributed by atoms with Gasteiger partial charge in [-0.1, -0.05) is 198 Å². The molecular weight excluding hydrogens is 769 g/mol. The molecule has 0 aromatic rings. The summed E-state index contributed by atoms with van der Waals surface area (Å²) in [6.07, 6.45) is 60.9. The van der Waals surface area contributed by atoms with Crippen LogP contribution in [0.25, 0.3) is 0 Å². The van der Waals surface area contributed by atoms with Crippen LogP contribution in [0.3, 0.4) is 0 Å². The van der Waals surface area contributed by atoms with E-state index in [9.17, 15) is 14.4 Å². The summed E-state index contributed by atoms with van der Waals surface area (Å²) in [6, 6.07) is 0. The Balaban J connectivity index is 4.39. The summed E-state index contributed by atoms with van der Waals surface area (Å²) >= 11 is 0. The summed E-state index contributed by atoms with van der Waals surface area (Å²) in [5, 5.41) is 0. The fourth-order valence-corrected chi connectivity index (χ4v) is 7.46. The average Bonchev–Trinajstić information content (AvgIpc) is 3.27. The summed E-state index contributed by atoms with van der Waals surface area (Å²) in [4.78, 5) is 38.0. The molecule has 0 aliphatic heterocycles. The van der Waals surface area contributed by atoms with E-state index in [0.717, 1.165) is 89.9 Å². The minimum absolute atomic E-state index is 0.0829. The molecular formula is C56H100O6. The van der Waals surface area contributed by atoms with Crippen LogP contribution in [0.2, 0.25) is 0 Å². The average molecular weight is 869 g/mol. The van der Waals surface area contributed by atoms with Crippen LogP contribution >= 0.6 is 0 Å². The van der Waals surface area contributed by atoms with E-state index in [2.05, 4.69) is 69.4 Å². The molecule has 0 fully saturated rings. The van der Waals surface area contributed by atoms with Crippen LogP contribution in [0.1, 0.15) is 271 Å². The molecule has 0 aliphatic carbocycles. The Hall–Kier alpha value is -2.63. The largest absolute Gasteiger partial charge is 0.462 e. The molecule has 360 valence electrons. The van der Waals surface area contributed by atoms with Crippen LogP contribution in [-0.4, -0.2) is 37.2 Å². The molecule has 0 N–H and O–H groups in total. The van der Waals surface area contributed by atoms with Crippen molar-refractivity contribution in [3.8, 4) is 0 Å². The predicted molar refractivity (Wildman–Crippen MR) is 265 cm³/mol. The third kappa shape index (κ3) is 48.4. The van der Waals surface area contributed by atoms with Gasteiger partial charge in [-0.15, -0.1) is 0 Å². The molecule has 1 unspecified atom stereocenters. The first-order valence-corrected chi connectivity index (χ1v) is 26.6.